The first-order chi connectivity index (χ1) is 28.1. The predicted octanol–water partition coefficient (Wildman–Crippen LogP) is 11.5. The lowest BCUT2D eigenvalue weighted by Crippen LogP contribution is -2.04. The molecule has 10 rings (SSSR count). The van der Waals surface area contributed by atoms with Crippen molar-refractivity contribution in [3.63, 3.8) is 0 Å². The maximum atomic E-state index is 9.20. The minimum absolute atomic E-state index is 0.0120. The van der Waals surface area contributed by atoms with Gasteiger partial charge in [-0.25, -0.2) is 15.0 Å². The molecule has 50 heavy (non-hydrogen) atoms. The number of hydrogen-bond donors (Lipinski definition) is 0. The van der Waals surface area contributed by atoms with Crippen LogP contribution in [0.15, 0.2) is 174 Å². The third-order valence-electron chi connectivity index (χ3n) is 8.93. The van der Waals surface area contributed by atoms with Crippen LogP contribution in [-0.4, -0.2) is 19.5 Å². The van der Waals surface area contributed by atoms with E-state index in [0.29, 0.717) is 28.5 Å². The summed E-state index contributed by atoms with van der Waals surface area (Å²) in [5.74, 6) is 0.982. The molecule has 0 spiro atoms. The topological polar surface area (TPSA) is 56.7 Å². The van der Waals surface area contributed by atoms with E-state index in [1.807, 2.05) is 115 Å². The van der Waals surface area contributed by atoms with E-state index in [2.05, 4.69) is 0 Å². The number of para-hydroxylation sites is 4. The number of aromatic nitrogens is 4. The summed E-state index contributed by atoms with van der Waals surface area (Å²) in [7, 11) is 0. The molecule has 10 aromatic rings. The van der Waals surface area contributed by atoms with Crippen LogP contribution in [0.4, 0.5) is 0 Å². The SMILES string of the molecule is [2H]c1c([2H])c([2H])c2c(c1[2H])c1c([2H])c([2H])c([2H])c([2H])c1n2-c1ccc(-c2cccc3c2oc2ccccc23)cc1-c1nc(-c2ccccc2)nc(-c2ccccc2)n1. The van der Waals surface area contributed by atoms with Crippen LogP contribution in [0.1, 0.15) is 11.0 Å². The van der Waals surface area contributed by atoms with Gasteiger partial charge in [-0.05, 0) is 35.8 Å². The third-order valence-corrected chi connectivity index (χ3v) is 8.93. The van der Waals surface area contributed by atoms with Crippen molar-refractivity contribution in [1.82, 2.24) is 19.5 Å². The molecule has 0 aliphatic heterocycles. The van der Waals surface area contributed by atoms with Gasteiger partial charge in [0.15, 0.2) is 17.5 Å². The molecule has 0 bridgehead atoms. The maximum absolute atomic E-state index is 9.20. The summed E-state index contributed by atoms with van der Waals surface area (Å²) >= 11 is 0. The van der Waals surface area contributed by atoms with E-state index in [9.17, 15) is 2.74 Å². The summed E-state index contributed by atoms with van der Waals surface area (Å²) in [5, 5.41) is 1.83. The third kappa shape index (κ3) is 4.52. The van der Waals surface area contributed by atoms with Crippen molar-refractivity contribution in [2.75, 3.05) is 0 Å². The van der Waals surface area contributed by atoms with Gasteiger partial charge in [0, 0.05) is 43.8 Å². The van der Waals surface area contributed by atoms with Crippen molar-refractivity contribution in [2.24, 2.45) is 0 Å². The molecular formula is C45H28N4O. The molecule has 0 atom stereocenters. The Morgan fingerprint density at radius 2 is 1.04 bits per heavy atom. The van der Waals surface area contributed by atoms with E-state index in [4.69, 9.17) is 27.6 Å². The highest BCUT2D eigenvalue weighted by atomic mass is 16.3. The number of rotatable bonds is 5. The Labute approximate surface area is 299 Å². The van der Waals surface area contributed by atoms with Crippen molar-refractivity contribution in [3.05, 3.63) is 170 Å². The molecule has 234 valence electrons. The molecule has 5 nitrogen and oxygen atoms in total. The summed E-state index contributed by atoms with van der Waals surface area (Å²) in [5.41, 5.74) is 5.04. The van der Waals surface area contributed by atoms with Crippen molar-refractivity contribution in [1.29, 1.82) is 0 Å². The Hall–Kier alpha value is -6.85. The van der Waals surface area contributed by atoms with Crippen LogP contribution in [0.2, 0.25) is 0 Å². The quantitative estimate of drug-likeness (QED) is 0.186. The number of hydrogen-bond acceptors (Lipinski definition) is 4. The van der Waals surface area contributed by atoms with Gasteiger partial charge in [0.05, 0.1) is 27.7 Å². The minimum atomic E-state index is -0.518. The highest BCUT2D eigenvalue weighted by Gasteiger charge is 2.21. The minimum Gasteiger partial charge on any atom is -0.455 e. The second kappa shape index (κ2) is 11.4. The zero-order valence-electron chi connectivity index (χ0n) is 34.2. The van der Waals surface area contributed by atoms with E-state index in [1.54, 1.807) is 6.07 Å². The summed E-state index contributed by atoms with van der Waals surface area (Å²) in [6.07, 6.45) is 0. The molecular weight excluding hydrogens is 613 g/mol. The van der Waals surface area contributed by atoms with Crippen LogP contribution >= 0.6 is 0 Å². The predicted molar refractivity (Wildman–Crippen MR) is 203 cm³/mol. The fourth-order valence-corrected chi connectivity index (χ4v) is 6.64. The summed E-state index contributed by atoms with van der Waals surface area (Å²) in [4.78, 5) is 15.0. The van der Waals surface area contributed by atoms with Gasteiger partial charge in [-0.15, -0.1) is 0 Å². The zero-order chi connectivity index (χ0) is 40.0. The normalized spacial score (nSPS) is 13.8. The Balaban J connectivity index is 1.37. The molecule has 0 fully saturated rings. The van der Waals surface area contributed by atoms with Gasteiger partial charge in [0.1, 0.15) is 11.2 Å². The number of benzene rings is 7. The number of nitrogens with zero attached hydrogens (tertiary/aromatic N) is 4. The first kappa shape index (κ1) is 21.2. The van der Waals surface area contributed by atoms with Crippen molar-refractivity contribution < 1.29 is 15.4 Å². The van der Waals surface area contributed by atoms with Crippen LogP contribution in [0.25, 0.3) is 94.7 Å². The Morgan fingerprint density at radius 3 is 1.72 bits per heavy atom. The van der Waals surface area contributed by atoms with Crippen molar-refractivity contribution >= 4 is 43.7 Å². The van der Waals surface area contributed by atoms with E-state index in [0.717, 1.165) is 38.6 Å². The second-order valence-electron chi connectivity index (χ2n) is 11.8. The van der Waals surface area contributed by atoms with E-state index < -0.39 is 48.3 Å². The molecule has 0 saturated carbocycles. The molecule has 3 aromatic heterocycles. The van der Waals surface area contributed by atoms with Gasteiger partial charge >= 0.3 is 0 Å². The molecule has 0 amide bonds. The second-order valence-corrected chi connectivity index (χ2v) is 11.8. The summed E-state index contributed by atoms with van der Waals surface area (Å²) in [6, 6.07) is 34.4. The smallest absolute Gasteiger partial charge is 0.166 e. The van der Waals surface area contributed by atoms with Crippen molar-refractivity contribution in [2.45, 2.75) is 0 Å². The Morgan fingerprint density at radius 1 is 0.460 bits per heavy atom. The van der Waals surface area contributed by atoms with Gasteiger partial charge in [-0.1, -0.05) is 139 Å². The van der Waals surface area contributed by atoms with Crippen LogP contribution < -0.4 is 0 Å². The molecule has 0 radical (unpaired) electrons. The molecule has 5 heteroatoms. The molecule has 0 N–H and O–H groups in total. The Bertz CT molecular complexity index is 3200. The first-order valence-electron chi connectivity index (χ1n) is 20.1. The van der Waals surface area contributed by atoms with Crippen LogP contribution in [0.5, 0.6) is 0 Å². The van der Waals surface area contributed by atoms with Crippen LogP contribution in [0.3, 0.4) is 0 Å². The molecule has 0 aliphatic carbocycles. The number of fused-ring (bicyclic) bond motifs is 6. The lowest BCUT2D eigenvalue weighted by molar-refractivity contribution is 0.670. The molecule has 0 aliphatic rings. The van der Waals surface area contributed by atoms with Gasteiger partial charge in [-0.2, -0.15) is 0 Å². The average Bonchev–Trinajstić information content (AvgIpc) is 3.83. The highest BCUT2D eigenvalue weighted by Crippen LogP contribution is 2.41. The monoisotopic (exact) mass is 648 g/mol. The first-order valence-corrected chi connectivity index (χ1v) is 16.1. The van der Waals surface area contributed by atoms with Gasteiger partial charge in [-0.3, -0.25) is 0 Å². The van der Waals surface area contributed by atoms with Gasteiger partial charge < -0.3 is 8.98 Å². The van der Waals surface area contributed by atoms with Gasteiger partial charge in [0.25, 0.3) is 0 Å². The molecule has 0 saturated heterocycles. The van der Waals surface area contributed by atoms with Crippen LogP contribution in [-0.2, 0) is 0 Å². The molecule has 0 unspecified atom stereocenters. The van der Waals surface area contributed by atoms with E-state index in [-0.39, 0.29) is 27.6 Å². The maximum Gasteiger partial charge on any atom is 0.166 e. The standard InChI is InChI=1S/C45H28N4O/c1-3-14-29(15-4-1)43-46-44(30-16-5-2-6-17-30)48-45(47-43)37-28-31(32-21-13-22-36-35-20-9-12-25-41(35)50-42(32)36)26-27-40(37)49-38-23-10-7-18-33(38)34-19-8-11-24-39(34)49/h1-28H/i7D,8D,10D,11D,18D,19D,23D,24D. The van der Waals surface area contributed by atoms with Crippen LogP contribution in [0, 0.1) is 0 Å². The Kier molecular flexibility index (Phi) is 4.83. The van der Waals surface area contributed by atoms with E-state index >= 15 is 0 Å². The fourth-order valence-electron chi connectivity index (χ4n) is 6.64. The van der Waals surface area contributed by atoms with E-state index in [1.165, 1.54) is 4.57 Å². The lowest BCUT2D eigenvalue weighted by atomic mass is 9.98. The summed E-state index contributed by atoms with van der Waals surface area (Å²) < 4.78 is 78.9. The average molecular weight is 649 g/mol. The summed E-state index contributed by atoms with van der Waals surface area (Å²) in [6.45, 7) is 0. The number of furan rings is 1. The molecule has 3 heterocycles. The highest BCUT2D eigenvalue weighted by molar-refractivity contribution is 6.11. The largest absolute Gasteiger partial charge is 0.455 e. The lowest BCUT2D eigenvalue weighted by Gasteiger charge is -2.16. The van der Waals surface area contributed by atoms with Crippen molar-refractivity contribution in [3.8, 4) is 51.0 Å². The van der Waals surface area contributed by atoms with Gasteiger partial charge in [0.2, 0.25) is 0 Å². The fraction of sp³-hybridized carbons (Fsp3) is 0. The molecule has 7 aromatic carbocycles. The zero-order valence-corrected chi connectivity index (χ0v) is 26.2.